The lowest BCUT2D eigenvalue weighted by molar-refractivity contribution is -0.139. The zero-order valence-electron chi connectivity index (χ0n) is 17.6. The smallest absolute Gasteiger partial charge is 0.325 e. The molecule has 1 N–H and O–H groups in total. The Bertz CT molecular complexity index is 1010. The molecule has 3 heterocycles. The number of hydrazone groups is 1. The van der Waals surface area contributed by atoms with E-state index in [0.717, 1.165) is 16.2 Å². The summed E-state index contributed by atoms with van der Waals surface area (Å²) in [5.74, 6) is 0.368. The van der Waals surface area contributed by atoms with Gasteiger partial charge in [-0.25, -0.2) is 9.80 Å². The standard InChI is InChI=1S/C22H24N4O5/c1-13(2)20-21(28)25(22(29)23-20)12-19(27)26-17(18-5-4-10-31-18)11-16(24-26)14-6-8-15(30-3)9-7-14/h4-10,13,17,20H,11-12H2,1-3H3,(H,23,29)/t17-,20+/m0/s1. The summed E-state index contributed by atoms with van der Waals surface area (Å²) in [6.07, 6.45) is 1.98. The van der Waals surface area contributed by atoms with E-state index in [1.165, 1.54) is 11.3 Å². The number of nitrogens with one attached hydrogen (secondary N) is 1. The second-order valence-corrected chi connectivity index (χ2v) is 7.84. The Morgan fingerprint density at radius 3 is 2.58 bits per heavy atom. The molecule has 0 unspecified atom stereocenters. The Labute approximate surface area is 179 Å². The summed E-state index contributed by atoms with van der Waals surface area (Å²) in [6, 6.07) is 9.26. The summed E-state index contributed by atoms with van der Waals surface area (Å²) in [5, 5.41) is 8.47. The summed E-state index contributed by atoms with van der Waals surface area (Å²) < 4.78 is 10.7. The number of nitrogens with zero attached hydrogens (tertiary/aromatic N) is 3. The Balaban J connectivity index is 1.58. The molecule has 2 aliphatic heterocycles. The first-order valence-electron chi connectivity index (χ1n) is 10.1. The molecule has 31 heavy (non-hydrogen) atoms. The number of benzene rings is 1. The molecule has 0 aliphatic carbocycles. The topological polar surface area (TPSA) is 104 Å². The monoisotopic (exact) mass is 424 g/mol. The third-order valence-electron chi connectivity index (χ3n) is 5.48. The van der Waals surface area contributed by atoms with Gasteiger partial charge in [0, 0.05) is 6.42 Å². The maximum atomic E-state index is 13.1. The molecule has 0 bridgehead atoms. The maximum Gasteiger partial charge on any atom is 0.325 e. The van der Waals surface area contributed by atoms with Crippen molar-refractivity contribution < 1.29 is 23.5 Å². The molecular formula is C22H24N4O5. The second-order valence-electron chi connectivity index (χ2n) is 7.84. The van der Waals surface area contributed by atoms with Crippen LogP contribution in [0.2, 0.25) is 0 Å². The number of hydrogen-bond acceptors (Lipinski definition) is 6. The largest absolute Gasteiger partial charge is 0.497 e. The summed E-state index contributed by atoms with van der Waals surface area (Å²) in [5.41, 5.74) is 1.55. The van der Waals surface area contributed by atoms with Crippen molar-refractivity contribution in [2.45, 2.75) is 32.4 Å². The quantitative estimate of drug-likeness (QED) is 0.718. The highest BCUT2D eigenvalue weighted by atomic mass is 16.5. The molecule has 9 nitrogen and oxygen atoms in total. The number of methoxy groups -OCH3 is 1. The molecule has 9 heteroatoms. The molecule has 1 fully saturated rings. The number of carbonyl (C=O) groups excluding carboxylic acids is 3. The van der Waals surface area contributed by atoms with Crippen molar-refractivity contribution in [2.24, 2.45) is 11.0 Å². The van der Waals surface area contributed by atoms with E-state index in [9.17, 15) is 14.4 Å². The van der Waals surface area contributed by atoms with Crippen LogP contribution in [0.5, 0.6) is 5.75 Å². The van der Waals surface area contributed by atoms with Crippen molar-refractivity contribution >= 4 is 23.6 Å². The first kappa shape index (κ1) is 20.6. The van der Waals surface area contributed by atoms with Crippen molar-refractivity contribution in [1.82, 2.24) is 15.2 Å². The number of carbonyl (C=O) groups is 3. The minimum Gasteiger partial charge on any atom is -0.497 e. The molecule has 1 aromatic heterocycles. The Kier molecular flexibility index (Phi) is 5.50. The van der Waals surface area contributed by atoms with Gasteiger partial charge in [-0.05, 0) is 47.9 Å². The van der Waals surface area contributed by atoms with E-state index in [-0.39, 0.29) is 12.5 Å². The Morgan fingerprint density at radius 2 is 2.00 bits per heavy atom. The van der Waals surface area contributed by atoms with Crippen molar-refractivity contribution in [1.29, 1.82) is 0 Å². The highest BCUT2D eigenvalue weighted by Crippen LogP contribution is 2.33. The maximum absolute atomic E-state index is 13.1. The lowest BCUT2D eigenvalue weighted by Gasteiger charge is -2.22. The van der Waals surface area contributed by atoms with Gasteiger partial charge in [-0.2, -0.15) is 5.10 Å². The Morgan fingerprint density at radius 1 is 1.26 bits per heavy atom. The zero-order valence-corrected chi connectivity index (χ0v) is 17.6. The minimum absolute atomic E-state index is 0.0705. The average molecular weight is 424 g/mol. The molecule has 4 amide bonds. The number of amides is 4. The third kappa shape index (κ3) is 3.90. The van der Waals surface area contributed by atoms with Crippen LogP contribution in [0, 0.1) is 5.92 Å². The van der Waals surface area contributed by atoms with E-state index in [1.54, 1.807) is 19.2 Å². The van der Waals surface area contributed by atoms with Crippen LogP contribution in [-0.4, -0.2) is 53.2 Å². The van der Waals surface area contributed by atoms with Crippen LogP contribution in [-0.2, 0) is 9.59 Å². The van der Waals surface area contributed by atoms with Gasteiger partial charge in [0.1, 0.15) is 30.1 Å². The number of rotatable bonds is 6. The van der Waals surface area contributed by atoms with Crippen LogP contribution < -0.4 is 10.1 Å². The number of ether oxygens (including phenoxy) is 1. The van der Waals surface area contributed by atoms with Gasteiger partial charge in [-0.1, -0.05) is 13.8 Å². The first-order valence-corrected chi connectivity index (χ1v) is 10.1. The fourth-order valence-electron chi connectivity index (χ4n) is 3.75. The van der Waals surface area contributed by atoms with E-state index in [2.05, 4.69) is 10.4 Å². The van der Waals surface area contributed by atoms with Crippen molar-refractivity contribution in [3.05, 3.63) is 54.0 Å². The van der Waals surface area contributed by atoms with Gasteiger partial charge < -0.3 is 14.5 Å². The normalized spacial score (nSPS) is 21.0. The molecule has 2 atom stereocenters. The summed E-state index contributed by atoms with van der Waals surface area (Å²) in [6.45, 7) is 3.30. The summed E-state index contributed by atoms with van der Waals surface area (Å²) in [4.78, 5) is 38.9. The fourth-order valence-corrected chi connectivity index (χ4v) is 3.75. The van der Waals surface area contributed by atoms with E-state index in [1.807, 2.05) is 38.1 Å². The fraction of sp³-hybridized carbons (Fsp3) is 0.364. The van der Waals surface area contributed by atoms with Crippen molar-refractivity contribution in [2.75, 3.05) is 13.7 Å². The molecule has 0 radical (unpaired) electrons. The van der Waals surface area contributed by atoms with Gasteiger partial charge in [0.2, 0.25) is 0 Å². The molecule has 1 aromatic carbocycles. The molecule has 0 saturated carbocycles. The molecule has 4 rings (SSSR count). The SMILES string of the molecule is COc1ccc(C2=NN(C(=O)CN3C(=O)N[C@H](C(C)C)C3=O)[C@H](c3ccco3)C2)cc1. The van der Waals surface area contributed by atoms with Crippen LogP contribution in [0.4, 0.5) is 4.79 Å². The van der Waals surface area contributed by atoms with Crippen LogP contribution in [0.1, 0.15) is 37.6 Å². The van der Waals surface area contributed by atoms with Gasteiger partial charge in [-0.15, -0.1) is 0 Å². The lowest BCUT2D eigenvalue weighted by atomic mass is 10.0. The van der Waals surface area contributed by atoms with Crippen molar-refractivity contribution in [3.8, 4) is 5.75 Å². The summed E-state index contributed by atoms with van der Waals surface area (Å²) >= 11 is 0. The second kappa shape index (κ2) is 8.25. The number of imide groups is 1. The molecule has 0 spiro atoms. The Hall–Kier alpha value is -3.62. The van der Waals surface area contributed by atoms with E-state index >= 15 is 0 Å². The number of urea groups is 1. The molecule has 2 aromatic rings. The highest BCUT2D eigenvalue weighted by Gasteiger charge is 2.43. The lowest BCUT2D eigenvalue weighted by Crippen LogP contribution is -2.42. The van der Waals surface area contributed by atoms with Crippen LogP contribution in [0.3, 0.4) is 0 Å². The minimum atomic E-state index is -0.627. The predicted octanol–water partition coefficient (Wildman–Crippen LogP) is 2.54. The third-order valence-corrected chi connectivity index (χ3v) is 5.48. The molecule has 1 saturated heterocycles. The van der Waals surface area contributed by atoms with Gasteiger partial charge >= 0.3 is 6.03 Å². The molecule has 2 aliphatic rings. The van der Waals surface area contributed by atoms with E-state index < -0.39 is 29.9 Å². The van der Waals surface area contributed by atoms with E-state index in [0.29, 0.717) is 17.9 Å². The average Bonchev–Trinajstić information content (AvgIpc) is 3.49. The predicted molar refractivity (Wildman–Crippen MR) is 111 cm³/mol. The number of hydrogen-bond donors (Lipinski definition) is 1. The first-order chi connectivity index (χ1) is 14.9. The van der Waals surface area contributed by atoms with Gasteiger partial charge in [0.25, 0.3) is 11.8 Å². The number of furan rings is 1. The van der Waals surface area contributed by atoms with Gasteiger partial charge in [-0.3, -0.25) is 14.5 Å². The van der Waals surface area contributed by atoms with E-state index in [4.69, 9.17) is 9.15 Å². The molecular weight excluding hydrogens is 400 g/mol. The zero-order chi connectivity index (χ0) is 22.1. The van der Waals surface area contributed by atoms with Gasteiger partial charge in [0.05, 0.1) is 19.1 Å². The van der Waals surface area contributed by atoms with Crippen molar-refractivity contribution in [3.63, 3.8) is 0 Å². The molecule has 162 valence electrons. The van der Waals surface area contributed by atoms with Gasteiger partial charge in [0.15, 0.2) is 0 Å². The van der Waals surface area contributed by atoms with Crippen LogP contribution in [0.25, 0.3) is 0 Å². The highest BCUT2D eigenvalue weighted by molar-refractivity contribution is 6.07. The van der Waals surface area contributed by atoms with Crippen LogP contribution in [0.15, 0.2) is 52.2 Å². The summed E-state index contributed by atoms with van der Waals surface area (Å²) in [7, 11) is 1.59. The van der Waals surface area contributed by atoms with Crippen LogP contribution >= 0.6 is 0 Å².